The number of rotatable bonds is 2. The monoisotopic (exact) mass is 267 g/mol. The molecule has 0 bridgehead atoms. The zero-order valence-corrected chi connectivity index (χ0v) is 11.0. The predicted molar refractivity (Wildman–Crippen MR) is 71.6 cm³/mol. The third-order valence-corrected chi connectivity index (χ3v) is 5.58. The van der Waals surface area contributed by atoms with Crippen molar-refractivity contribution in [2.24, 2.45) is 0 Å². The Morgan fingerprint density at radius 1 is 1.11 bits per heavy atom. The maximum atomic E-state index is 12.5. The van der Waals surface area contributed by atoms with Crippen molar-refractivity contribution in [2.75, 3.05) is 29.7 Å². The molecule has 0 spiro atoms. The van der Waals surface area contributed by atoms with E-state index in [2.05, 4.69) is 0 Å². The van der Waals surface area contributed by atoms with Gasteiger partial charge in [-0.3, -0.25) is 4.31 Å². The molecule has 0 atom stereocenters. The van der Waals surface area contributed by atoms with E-state index < -0.39 is 10.2 Å². The molecule has 2 N–H and O–H groups in total. The number of nitrogen functional groups attached to an aromatic ring is 1. The second-order valence-corrected chi connectivity index (χ2v) is 6.68. The Labute approximate surface area is 107 Å². The summed E-state index contributed by atoms with van der Waals surface area (Å²) in [5, 5.41) is 0. The van der Waals surface area contributed by atoms with E-state index in [0.29, 0.717) is 25.3 Å². The van der Waals surface area contributed by atoms with Gasteiger partial charge in [0.2, 0.25) is 0 Å². The summed E-state index contributed by atoms with van der Waals surface area (Å²) in [5.41, 5.74) is 8.23. The van der Waals surface area contributed by atoms with E-state index in [1.165, 1.54) is 4.31 Å². The number of hydrogen-bond donors (Lipinski definition) is 1. The van der Waals surface area contributed by atoms with Crippen LogP contribution in [0.25, 0.3) is 0 Å². The van der Waals surface area contributed by atoms with Crippen molar-refractivity contribution < 1.29 is 8.42 Å². The molecule has 1 aromatic rings. The fourth-order valence-corrected chi connectivity index (χ4v) is 4.44. The van der Waals surface area contributed by atoms with Crippen LogP contribution in [-0.2, 0) is 16.6 Å². The largest absolute Gasteiger partial charge is 0.399 e. The summed E-state index contributed by atoms with van der Waals surface area (Å²) in [6.07, 6.45) is 2.66. The van der Waals surface area contributed by atoms with E-state index in [1.807, 2.05) is 12.1 Å². The Morgan fingerprint density at radius 3 is 2.56 bits per heavy atom. The maximum absolute atomic E-state index is 12.5. The third-order valence-electron chi connectivity index (χ3n) is 3.63. The Kier molecular flexibility index (Phi) is 2.71. The van der Waals surface area contributed by atoms with Crippen molar-refractivity contribution in [1.29, 1.82) is 0 Å². The Morgan fingerprint density at radius 2 is 1.83 bits per heavy atom. The van der Waals surface area contributed by atoms with Gasteiger partial charge in [0.1, 0.15) is 0 Å². The molecule has 0 saturated carbocycles. The Balaban J connectivity index is 1.96. The van der Waals surface area contributed by atoms with Gasteiger partial charge in [0, 0.05) is 25.3 Å². The first-order chi connectivity index (χ1) is 8.59. The molecule has 0 aromatic heterocycles. The summed E-state index contributed by atoms with van der Waals surface area (Å²) in [6, 6.07) is 5.44. The van der Waals surface area contributed by atoms with E-state index in [9.17, 15) is 8.42 Å². The van der Waals surface area contributed by atoms with E-state index in [0.717, 1.165) is 30.5 Å². The molecule has 2 aliphatic rings. The minimum atomic E-state index is -3.34. The van der Waals surface area contributed by atoms with Gasteiger partial charge >= 0.3 is 10.2 Å². The Bertz CT molecular complexity index is 565. The van der Waals surface area contributed by atoms with Crippen LogP contribution in [0.2, 0.25) is 0 Å². The first-order valence-electron chi connectivity index (χ1n) is 6.25. The molecule has 5 nitrogen and oxygen atoms in total. The van der Waals surface area contributed by atoms with Crippen LogP contribution in [0.4, 0.5) is 11.4 Å². The lowest BCUT2D eigenvalue weighted by Crippen LogP contribution is -2.41. The van der Waals surface area contributed by atoms with Crippen molar-refractivity contribution in [3.63, 3.8) is 0 Å². The van der Waals surface area contributed by atoms with Gasteiger partial charge in [-0.05, 0) is 43.0 Å². The number of nitrogens with zero attached hydrogens (tertiary/aromatic N) is 2. The first kappa shape index (κ1) is 11.8. The highest BCUT2D eigenvalue weighted by molar-refractivity contribution is 7.90. The topological polar surface area (TPSA) is 66.6 Å². The van der Waals surface area contributed by atoms with E-state index in [1.54, 1.807) is 10.4 Å². The fraction of sp³-hybridized carbons (Fsp3) is 0.500. The molecule has 0 amide bonds. The first-order valence-corrected chi connectivity index (χ1v) is 7.65. The average molecular weight is 267 g/mol. The van der Waals surface area contributed by atoms with Gasteiger partial charge in [0.15, 0.2) is 0 Å². The lowest BCUT2D eigenvalue weighted by atomic mass is 10.1. The molecule has 1 fully saturated rings. The number of fused-ring (bicyclic) bond motifs is 1. The van der Waals surface area contributed by atoms with Gasteiger partial charge in [-0.25, -0.2) is 0 Å². The van der Waals surface area contributed by atoms with Crippen LogP contribution in [0.1, 0.15) is 18.4 Å². The molecular weight excluding hydrogens is 250 g/mol. The van der Waals surface area contributed by atoms with Crippen LogP contribution in [0.15, 0.2) is 18.2 Å². The highest BCUT2D eigenvalue weighted by Gasteiger charge is 2.35. The maximum Gasteiger partial charge on any atom is 0.304 e. The van der Waals surface area contributed by atoms with Crippen molar-refractivity contribution in [2.45, 2.75) is 19.3 Å². The summed E-state index contributed by atoms with van der Waals surface area (Å²) in [5.74, 6) is 0. The van der Waals surface area contributed by atoms with Crippen molar-refractivity contribution in [3.05, 3.63) is 23.8 Å². The summed E-state index contributed by atoms with van der Waals surface area (Å²) in [7, 11) is -3.34. The second kappa shape index (κ2) is 4.13. The molecule has 0 unspecified atom stereocenters. The molecule has 3 rings (SSSR count). The summed E-state index contributed by atoms with van der Waals surface area (Å²) < 4.78 is 28.1. The average Bonchev–Trinajstić information content (AvgIpc) is 2.97. The number of benzene rings is 1. The van der Waals surface area contributed by atoms with E-state index in [4.69, 9.17) is 5.73 Å². The van der Waals surface area contributed by atoms with Crippen molar-refractivity contribution in [1.82, 2.24) is 4.31 Å². The molecule has 6 heteroatoms. The van der Waals surface area contributed by atoms with Crippen LogP contribution in [-0.4, -0.2) is 32.4 Å². The molecule has 2 heterocycles. The highest BCUT2D eigenvalue weighted by atomic mass is 32.2. The quantitative estimate of drug-likeness (QED) is 0.812. The number of anilines is 2. The molecule has 0 radical (unpaired) electrons. The van der Waals surface area contributed by atoms with E-state index >= 15 is 0 Å². The van der Waals surface area contributed by atoms with Crippen LogP contribution in [0.5, 0.6) is 0 Å². The number of nitrogens with two attached hydrogens (primary N) is 1. The molecule has 1 aromatic carbocycles. The van der Waals surface area contributed by atoms with Crippen LogP contribution in [0, 0.1) is 0 Å². The molecule has 2 aliphatic heterocycles. The predicted octanol–water partition coefficient (Wildman–Crippen LogP) is 0.972. The molecule has 1 saturated heterocycles. The van der Waals surface area contributed by atoms with Gasteiger partial charge in [-0.2, -0.15) is 12.7 Å². The van der Waals surface area contributed by atoms with Crippen LogP contribution >= 0.6 is 0 Å². The van der Waals surface area contributed by atoms with E-state index in [-0.39, 0.29) is 0 Å². The SMILES string of the molecule is Nc1ccc2c(c1)CCN2S(=O)(=O)N1CCCC1. The molecule has 18 heavy (non-hydrogen) atoms. The standard InChI is InChI=1S/C12H17N3O2S/c13-11-3-4-12-10(9-11)5-8-15(12)18(16,17)14-6-1-2-7-14/h3-4,9H,1-2,5-8,13H2. The van der Waals surface area contributed by atoms with Gasteiger partial charge in [0.25, 0.3) is 0 Å². The third kappa shape index (κ3) is 1.76. The minimum Gasteiger partial charge on any atom is -0.399 e. The zero-order chi connectivity index (χ0) is 12.8. The summed E-state index contributed by atoms with van der Waals surface area (Å²) in [6.45, 7) is 1.81. The van der Waals surface area contributed by atoms with Gasteiger partial charge in [-0.1, -0.05) is 0 Å². The zero-order valence-electron chi connectivity index (χ0n) is 10.2. The van der Waals surface area contributed by atoms with Gasteiger partial charge in [-0.15, -0.1) is 0 Å². The van der Waals surface area contributed by atoms with Crippen molar-refractivity contribution in [3.8, 4) is 0 Å². The molecule has 0 aliphatic carbocycles. The smallest absolute Gasteiger partial charge is 0.304 e. The summed E-state index contributed by atoms with van der Waals surface area (Å²) >= 11 is 0. The van der Waals surface area contributed by atoms with Crippen LogP contribution < -0.4 is 10.0 Å². The lowest BCUT2D eigenvalue weighted by molar-refractivity contribution is 0.474. The lowest BCUT2D eigenvalue weighted by Gasteiger charge is -2.25. The second-order valence-electron chi connectivity index (χ2n) is 4.82. The van der Waals surface area contributed by atoms with Gasteiger partial charge < -0.3 is 5.73 Å². The summed E-state index contributed by atoms with van der Waals surface area (Å²) in [4.78, 5) is 0. The normalized spacial score (nSPS) is 20.3. The molecule has 98 valence electrons. The molecular formula is C12H17N3O2S. The van der Waals surface area contributed by atoms with Crippen molar-refractivity contribution >= 4 is 21.6 Å². The fourth-order valence-electron chi connectivity index (χ4n) is 2.69. The highest BCUT2D eigenvalue weighted by Crippen LogP contribution is 2.33. The number of hydrogen-bond acceptors (Lipinski definition) is 3. The van der Waals surface area contributed by atoms with Gasteiger partial charge in [0.05, 0.1) is 5.69 Å². The minimum absolute atomic E-state index is 0.525. The van der Waals surface area contributed by atoms with Crippen LogP contribution in [0.3, 0.4) is 0 Å². The Hall–Kier alpha value is -1.27.